The molecule has 105 heavy (non-hydrogen) atoms. The zero-order valence-corrected chi connectivity index (χ0v) is 58.7. The van der Waals surface area contributed by atoms with Crippen LogP contribution in [0, 0.1) is 0 Å². The number of hydrogen-bond acceptors (Lipinski definition) is 27. The number of nitrogens with zero attached hydrogens (tertiary/aromatic N) is 15. The Morgan fingerprint density at radius 1 is 0.362 bits per heavy atom. The van der Waals surface area contributed by atoms with Crippen molar-refractivity contribution in [2.24, 2.45) is 0 Å². The van der Waals surface area contributed by atoms with Crippen LogP contribution in [0.3, 0.4) is 0 Å². The lowest BCUT2D eigenvalue weighted by molar-refractivity contribution is -0.138. The minimum absolute atomic E-state index is 0.0420. The molecule has 33 nitrogen and oxygen atoms in total. The molecule has 3 amide bonds. The van der Waals surface area contributed by atoms with Crippen LogP contribution in [0.4, 0.5) is 109 Å². The van der Waals surface area contributed by atoms with Crippen molar-refractivity contribution in [2.75, 3.05) is 106 Å². The summed E-state index contributed by atoms with van der Waals surface area (Å²) in [6.07, 6.45) is -1.86. The van der Waals surface area contributed by atoms with Gasteiger partial charge in [0.15, 0.2) is 17.5 Å². The van der Waals surface area contributed by atoms with Crippen molar-refractivity contribution in [1.82, 2.24) is 75.8 Å². The highest BCUT2D eigenvalue weighted by Gasteiger charge is 2.38. The number of amides is 3. The number of anilines is 12. The number of nitrogens with one attached hydrogen (secondary N) is 9. The summed E-state index contributed by atoms with van der Waals surface area (Å²) >= 11 is 0. The molecule has 6 aromatic heterocycles. The molecule has 558 valence electrons. The lowest BCUT2D eigenvalue weighted by Crippen LogP contribution is -2.27. The Balaban J connectivity index is 0.000000220. The van der Waals surface area contributed by atoms with Gasteiger partial charge < -0.3 is 47.9 Å². The van der Waals surface area contributed by atoms with Crippen LogP contribution in [0.2, 0.25) is 0 Å². The number of carbonyl (C=O) groups excluding carboxylic acids is 3. The fourth-order valence-corrected chi connectivity index (χ4v) is 9.90. The van der Waals surface area contributed by atoms with Crippen LogP contribution < -0.4 is 60.8 Å². The second kappa shape index (κ2) is 33.8. The highest BCUT2D eigenvalue weighted by Crippen LogP contribution is 2.38. The summed E-state index contributed by atoms with van der Waals surface area (Å²) in [5.41, 5.74) is -0.602. The summed E-state index contributed by atoms with van der Waals surface area (Å²) in [6.45, 7) is -0.907. The van der Waals surface area contributed by atoms with Gasteiger partial charge in [-0.25, -0.2) is 55.2 Å². The Kier molecular flexibility index (Phi) is 25.9. The fourth-order valence-electron chi connectivity index (χ4n) is 8.50. The maximum absolute atomic E-state index is 13.6. The zero-order valence-electron chi connectivity index (χ0n) is 56.3. The van der Waals surface area contributed by atoms with Gasteiger partial charge in [0.2, 0.25) is 47.9 Å². The van der Waals surface area contributed by atoms with Gasteiger partial charge in [0.05, 0.1) is 38.4 Å². The molecule has 9 aromatic rings. The van der Waals surface area contributed by atoms with Gasteiger partial charge in [-0.3, -0.25) is 42.3 Å². The molecule has 0 bridgehead atoms. The first-order chi connectivity index (χ1) is 49.2. The Bertz CT molecular complexity index is 4440. The molecule has 0 saturated heterocycles. The van der Waals surface area contributed by atoms with E-state index >= 15 is 0 Å². The smallest absolute Gasteiger partial charge is 0.364 e. The SMILES string of the molecule is CNC(=O)c1ccc(Nc2ncc(C(F)(F)F)c(NCc3nccnc3N(C)S(C)(=O)=O)n2)cc1.CNC(=O)c1ccc(Nc2ncc(C(F)(F)F)c(NCc3nccnc3N(C)S(C)(=O)=O)n2)cc1.CNC(=O)c1ccc(Nc2ncc(C(F)(F)F)c(NCc3nccnc3N(C)S(C)(=O)=O)n2)cc1. The monoisotopic (exact) mass is 1530 g/mol. The molecule has 45 heteroatoms. The van der Waals surface area contributed by atoms with E-state index in [0.29, 0.717) is 52.3 Å². The quantitative estimate of drug-likeness (QED) is 0.0270. The zero-order chi connectivity index (χ0) is 77.4. The Morgan fingerprint density at radius 3 is 0.781 bits per heavy atom. The van der Waals surface area contributed by atoms with Crippen LogP contribution >= 0.6 is 0 Å². The van der Waals surface area contributed by atoms with E-state index in [0.717, 1.165) is 31.7 Å². The van der Waals surface area contributed by atoms with E-state index in [4.69, 9.17) is 0 Å². The molecule has 0 spiro atoms. The van der Waals surface area contributed by atoms with Gasteiger partial charge in [0.25, 0.3) is 17.7 Å². The minimum atomic E-state index is -4.76. The maximum Gasteiger partial charge on any atom is 0.421 e. The van der Waals surface area contributed by atoms with Crippen molar-refractivity contribution in [1.29, 1.82) is 0 Å². The Hall–Kier alpha value is -12.0. The van der Waals surface area contributed by atoms with E-state index in [1.807, 2.05) is 0 Å². The molecule has 0 aliphatic rings. The molecule has 0 fully saturated rings. The van der Waals surface area contributed by atoms with E-state index in [2.05, 4.69) is 108 Å². The fraction of sp³-hybridized carbons (Fsp3) is 0.250. The number of carbonyl (C=O) groups is 3. The second-order valence-corrected chi connectivity index (χ2v) is 27.5. The molecule has 0 aliphatic carbocycles. The molecule has 0 unspecified atom stereocenters. The first kappa shape index (κ1) is 80.3. The van der Waals surface area contributed by atoms with Gasteiger partial charge >= 0.3 is 18.5 Å². The van der Waals surface area contributed by atoms with Gasteiger partial charge in [-0.15, -0.1) is 0 Å². The number of rotatable bonds is 24. The highest BCUT2D eigenvalue weighted by atomic mass is 32.2. The largest absolute Gasteiger partial charge is 0.421 e. The number of hydrogen-bond donors (Lipinski definition) is 9. The third-order valence-electron chi connectivity index (χ3n) is 14.1. The van der Waals surface area contributed by atoms with Crippen LogP contribution in [0.25, 0.3) is 0 Å². The Labute approximate surface area is 593 Å². The lowest BCUT2D eigenvalue weighted by Gasteiger charge is -2.19. The van der Waals surface area contributed by atoms with E-state index in [-0.39, 0.29) is 89.7 Å². The van der Waals surface area contributed by atoms with Crippen LogP contribution in [0.5, 0.6) is 0 Å². The average molecular weight is 1530 g/mol. The number of aromatic nitrogens is 12. The van der Waals surface area contributed by atoms with Gasteiger partial charge in [-0.1, -0.05) is 0 Å². The van der Waals surface area contributed by atoms with Gasteiger partial charge in [-0.05, 0) is 72.8 Å². The summed E-state index contributed by atoms with van der Waals surface area (Å²) in [5.74, 6) is -3.06. The predicted molar refractivity (Wildman–Crippen MR) is 368 cm³/mol. The molecular weight excluding hydrogens is 1470 g/mol. The molecule has 0 saturated carbocycles. The molecule has 6 heterocycles. The third-order valence-corrected chi connectivity index (χ3v) is 17.6. The number of benzene rings is 3. The molecule has 3 aromatic carbocycles. The van der Waals surface area contributed by atoms with E-state index in [1.165, 1.54) is 116 Å². The second-order valence-electron chi connectivity index (χ2n) is 21.4. The third kappa shape index (κ3) is 22.2. The van der Waals surface area contributed by atoms with Crippen molar-refractivity contribution < 1.29 is 79.2 Å². The number of sulfonamides is 3. The van der Waals surface area contributed by atoms with Crippen LogP contribution in [-0.4, -0.2) is 164 Å². The molecule has 0 aliphatic heterocycles. The summed E-state index contributed by atoms with van der Waals surface area (Å²) in [5, 5.41) is 23.4. The van der Waals surface area contributed by atoms with Gasteiger partial charge in [0.1, 0.15) is 51.2 Å². The molecule has 9 rings (SSSR count). The van der Waals surface area contributed by atoms with Crippen molar-refractivity contribution >= 4 is 118 Å². The summed E-state index contributed by atoms with van der Waals surface area (Å²) in [7, 11) is -2.81. The summed E-state index contributed by atoms with van der Waals surface area (Å²) in [6, 6.07) is 18.4. The topological polar surface area (TPSA) is 426 Å². The highest BCUT2D eigenvalue weighted by molar-refractivity contribution is 7.92. The molecule has 0 radical (unpaired) electrons. The molecule has 9 N–H and O–H groups in total. The van der Waals surface area contributed by atoms with Gasteiger partial charge in [0, 0.05) is 132 Å². The molecular formula is C60H63F9N24O9S3. The van der Waals surface area contributed by atoms with Crippen LogP contribution in [-0.2, 0) is 68.2 Å². The molecule has 0 atom stereocenters. The Morgan fingerprint density at radius 2 is 0.581 bits per heavy atom. The summed E-state index contributed by atoms with van der Waals surface area (Å²) < 4.78 is 196. The average Bonchev–Trinajstić information content (AvgIpc) is 0.831. The van der Waals surface area contributed by atoms with Gasteiger partial charge in [-0.2, -0.15) is 54.5 Å². The predicted octanol–water partition coefficient (Wildman–Crippen LogP) is 7.19. The first-order valence-corrected chi connectivity index (χ1v) is 35.3. The summed E-state index contributed by atoms with van der Waals surface area (Å²) in [4.78, 5) is 82.0. The van der Waals surface area contributed by atoms with Crippen LogP contribution in [0.15, 0.2) is 129 Å². The lowest BCUT2D eigenvalue weighted by atomic mass is 10.2. The van der Waals surface area contributed by atoms with Crippen LogP contribution in [0.1, 0.15) is 64.8 Å². The van der Waals surface area contributed by atoms with Crippen molar-refractivity contribution in [3.05, 3.63) is 179 Å². The van der Waals surface area contributed by atoms with Crippen molar-refractivity contribution in [2.45, 2.75) is 38.2 Å². The van der Waals surface area contributed by atoms with E-state index < -0.39 is 82.7 Å². The number of alkyl halides is 9. The minimum Gasteiger partial charge on any atom is -0.364 e. The standard InChI is InChI=1S/3C20H21F3N8O3S/c3*1-24-18(32)12-4-6-13(7-5-12)29-19-28-10-14(20(21,22)23)16(30-19)27-11-15-17(26-9-8-25-15)31(2)35(3,33)34/h3*4-10H,11H2,1-3H3,(H,24,32)(H2,27,28,29,30). The van der Waals surface area contributed by atoms with Crippen molar-refractivity contribution in [3.63, 3.8) is 0 Å². The van der Waals surface area contributed by atoms with E-state index in [9.17, 15) is 79.2 Å². The van der Waals surface area contributed by atoms with Crippen molar-refractivity contribution in [3.8, 4) is 0 Å². The van der Waals surface area contributed by atoms with E-state index in [1.54, 1.807) is 36.4 Å². The normalized spacial score (nSPS) is 11.6. The maximum atomic E-state index is 13.6. The number of halogens is 9. The first-order valence-electron chi connectivity index (χ1n) is 29.7.